The van der Waals surface area contributed by atoms with E-state index in [0.29, 0.717) is 25.7 Å². The van der Waals surface area contributed by atoms with Crippen molar-refractivity contribution < 1.29 is 45.4 Å². The molecule has 1 saturated carbocycles. The fourth-order valence-electron chi connectivity index (χ4n) is 2.49. The topological polar surface area (TPSA) is 52.6 Å². The van der Waals surface area contributed by atoms with E-state index >= 15 is 0 Å². The van der Waals surface area contributed by atoms with Gasteiger partial charge in [0.25, 0.3) is 6.10 Å². The molecule has 0 aliphatic heterocycles. The van der Waals surface area contributed by atoms with Crippen LogP contribution in [0.2, 0.25) is 0 Å². The number of ether oxygens (including phenoxy) is 2. The highest BCUT2D eigenvalue weighted by atomic mass is 19.4. The first kappa shape index (κ1) is 21.3. The SMILES string of the molecule is C=C(C)C(=O)OC(C(=O)OC(C(F)(F)F)C(F)(F)F)C1CCCCC1. The molecule has 0 N–H and O–H groups in total. The summed E-state index contributed by atoms with van der Waals surface area (Å²) in [6.07, 6.45) is -15.1. The highest BCUT2D eigenvalue weighted by Gasteiger charge is 2.60. The van der Waals surface area contributed by atoms with Gasteiger partial charge in [-0.3, -0.25) is 0 Å². The van der Waals surface area contributed by atoms with Crippen molar-refractivity contribution in [3.63, 3.8) is 0 Å². The van der Waals surface area contributed by atoms with Crippen LogP contribution in [0, 0.1) is 5.92 Å². The maximum absolute atomic E-state index is 12.6. The second-order valence-corrected chi connectivity index (χ2v) is 5.90. The Morgan fingerprint density at radius 3 is 1.84 bits per heavy atom. The average Bonchev–Trinajstić information content (AvgIpc) is 2.48. The van der Waals surface area contributed by atoms with Crippen LogP contribution in [0.25, 0.3) is 0 Å². The second kappa shape index (κ2) is 8.09. The molecule has 1 fully saturated rings. The van der Waals surface area contributed by atoms with Crippen LogP contribution in [-0.4, -0.2) is 36.5 Å². The minimum absolute atomic E-state index is 0.142. The van der Waals surface area contributed by atoms with Gasteiger partial charge in [-0.15, -0.1) is 0 Å². The van der Waals surface area contributed by atoms with Gasteiger partial charge in [-0.25, -0.2) is 9.59 Å². The molecule has 25 heavy (non-hydrogen) atoms. The minimum Gasteiger partial charge on any atom is -0.447 e. The molecule has 0 amide bonds. The summed E-state index contributed by atoms with van der Waals surface area (Å²) in [7, 11) is 0. The molecular formula is C15H18F6O4. The van der Waals surface area contributed by atoms with Gasteiger partial charge in [0.1, 0.15) is 0 Å². The predicted molar refractivity (Wildman–Crippen MR) is 73.3 cm³/mol. The summed E-state index contributed by atoms with van der Waals surface area (Å²) in [6.45, 7) is 4.50. The number of hydrogen-bond acceptors (Lipinski definition) is 4. The summed E-state index contributed by atoms with van der Waals surface area (Å²) >= 11 is 0. The maximum atomic E-state index is 12.6. The van der Waals surface area contributed by atoms with E-state index in [0.717, 1.165) is 6.42 Å². The molecule has 10 heteroatoms. The fourth-order valence-corrected chi connectivity index (χ4v) is 2.49. The van der Waals surface area contributed by atoms with Crippen LogP contribution < -0.4 is 0 Å². The lowest BCUT2D eigenvalue weighted by Crippen LogP contribution is -2.49. The van der Waals surface area contributed by atoms with Gasteiger partial charge in [0.05, 0.1) is 0 Å². The van der Waals surface area contributed by atoms with Gasteiger partial charge in [0.15, 0.2) is 0 Å². The number of carbonyl (C=O) groups is 2. The van der Waals surface area contributed by atoms with Gasteiger partial charge in [-0.1, -0.05) is 25.8 Å². The molecule has 0 bridgehead atoms. The van der Waals surface area contributed by atoms with Crippen LogP contribution in [0.3, 0.4) is 0 Å². The first-order valence-corrected chi connectivity index (χ1v) is 7.54. The lowest BCUT2D eigenvalue weighted by molar-refractivity contribution is -0.315. The highest BCUT2D eigenvalue weighted by Crippen LogP contribution is 2.37. The lowest BCUT2D eigenvalue weighted by atomic mass is 9.85. The van der Waals surface area contributed by atoms with Crippen LogP contribution in [0.1, 0.15) is 39.0 Å². The molecule has 1 aliphatic carbocycles. The Hall–Kier alpha value is -1.74. The third-order valence-electron chi connectivity index (χ3n) is 3.72. The van der Waals surface area contributed by atoms with E-state index in [1.807, 2.05) is 0 Å². The van der Waals surface area contributed by atoms with Gasteiger partial charge in [0.2, 0.25) is 6.10 Å². The third kappa shape index (κ3) is 6.24. The molecule has 144 valence electrons. The van der Waals surface area contributed by atoms with Crippen LogP contribution in [0.5, 0.6) is 0 Å². The molecule has 1 aliphatic rings. The molecule has 0 spiro atoms. The molecule has 0 saturated heterocycles. The number of alkyl halides is 6. The van der Waals surface area contributed by atoms with Gasteiger partial charge >= 0.3 is 24.3 Å². The van der Waals surface area contributed by atoms with E-state index in [9.17, 15) is 35.9 Å². The summed E-state index contributed by atoms with van der Waals surface area (Å²) < 4.78 is 83.8. The predicted octanol–water partition coefficient (Wildman–Crippen LogP) is 4.09. The molecule has 1 atom stereocenters. The van der Waals surface area contributed by atoms with Gasteiger partial charge < -0.3 is 9.47 Å². The first-order valence-electron chi connectivity index (χ1n) is 7.54. The normalized spacial score (nSPS) is 17.9. The van der Waals surface area contributed by atoms with Crippen LogP contribution in [-0.2, 0) is 19.1 Å². The van der Waals surface area contributed by atoms with Crippen LogP contribution >= 0.6 is 0 Å². The largest absolute Gasteiger partial charge is 0.447 e. The van der Waals surface area contributed by atoms with E-state index in [-0.39, 0.29) is 5.57 Å². The van der Waals surface area contributed by atoms with Crippen molar-refractivity contribution in [2.24, 2.45) is 5.92 Å². The molecule has 0 aromatic rings. The molecule has 0 aromatic heterocycles. The Kier molecular flexibility index (Phi) is 6.90. The maximum Gasteiger partial charge on any atom is 0.434 e. The van der Waals surface area contributed by atoms with E-state index in [1.54, 1.807) is 0 Å². The van der Waals surface area contributed by atoms with Crippen LogP contribution in [0.4, 0.5) is 26.3 Å². The fraction of sp³-hybridized carbons (Fsp3) is 0.733. The average molecular weight is 376 g/mol. The summed E-state index contributed by atoms with van der Waals surface area (Å²) in [4.78, 5) is 23.6. The molecule has 4 nitrogen and oxygen atoms in total. The standard InChI is InChI=1S/C15H18F6O4/c1-8(2)11(22)24-10(9-6-4-3-5-7-9)12(23)25-13(14(16,17)18)15(19,20)21/h9-10,13H,1,3-7H2,2H3. The van der Waals surface area contributed by atoms with Crippen molar-refractivity contribution in [1.82, 2.24) is 0 Å². The minimum atomic E-state index is -5.83. The van der Waals surface area contributed by atoms with Gasteiger partial charge in [0, 0.05) is 11.5 Å². The van der Waals surface area contributed by atoms with Crippen LogP contribution in [0.15, 0.2) is 12.2 Å². The zero-order chi connectivity index (χ0) is 19.4. The molecule has 0 radical (unpaired) electrons. The van der Waals surface area contributed by atoms with Crippen molar-refractivity contribution in [2.75, 3.05) is 0 Å². The number of esters is 2. The molecular weight excluding hydrogens is 358 g/mol. The van der Waals surface area contributed by atoms with E-state index in [1.165, 1.54) is 6.92 Å². The van der Waals surface area contributed by atoms with Crippen molar-refractivity contribution in [3.8, 4) is 0 Å². The van der Waals surface area contributed by atoms with Crippen molar-refractivity contribution in [3.05, 3.63) is 12.2 Å². The quantitative estimate of drug-likeness (QED) is 0.412. The lowest BCUT2D eigenvalue weighted by Gasteiger charge is -2.30. The zero-order valence-corrected chi connectivity index (χ0v) is 13.4. The zero-order valence-electron chi connectivity index (χ0n) is 13.4. The van der Waals surface area contributed by atoms with Crippen molar-refractivity contribution >= 4 is 11.9 Å². The summed E-state index contributed by atoms with van der Waals surface area (Å²) in [5.41, 5.74) is -0.142. The van der Waals surface area contributed by atoms with Crippen molar-refractivity contribution in [1.29, 1.82) is 0 Å². The van der Waals surface area contributed by atoms with E-state index < -0.39 is 42.4 Å². The number of rotatable bonds is 5. The Balaban J connectivity index is 3.00. The summed E-state index contributed by atoms with van der Waals surface area (Å²) in [5.74, 6) is -3.64. The first-order chi connectivity index (χ1) is 11.3. The van der Waals surface area contributed by atoms with Gasteiger partial charge in [-0.2, -0.15) is 26.3 Å². The van der Waals surface area contributed by atoms with Gasteiger partial charge in [-0.05, 0) is 19.8 Å². The summed E-state index contributed by atoms with van der Waals surface area (Å²) in [6, 6.07) is 0. The molecule has 1 unspecified atom stereocenters. The Bertz CT molecular complexity index is 491. The molecule has 0 aromatic carbocycles. The van der Waals surface area contributed by atoms with E-state index in [2.05, 4.69) is 11.3 Å². The monoisotopic (exact) mass is 376 g/mol. The number of hydrogen-bond donors (Lipinski definition) is 0. The highest BCUT2D eigenvalue weighted by molar-refractivity contribution is 5.89. The molecule has 0 heterocycles. The Morgan fingerprint density at radius 2 is 1.44 bits per heavy atom. The molecule has 1 rings (SSSR count). The number of halogens is 6. The number of carbonyl (C=O) groups excluding carboxylic acids is 2. The Labute approximate surface area is 140 Å². The third-order valence-corrected chi connectivity index (χ3v) is 3.72. The second-order valence-electron chi connectivity index (χ2n) is 5.90. The van der Waals surface area contributed by atoms with Crippen molar-refractivity contribution in [2.45, 2.75) is 63.6 Å². The Morgan fingerprint density at radius 1 is 0.960 bits per heavy atom. The summed E-state index contributed by atoms with van der Waals surface area (Å²) in [5, 5.41) is 0. The smallest absolute Gasteiger partial charge is 0.434 e. The van der Waals surface area contributed by atoms with E-state index in [4.69, 9.17) is 4.74 Å².